The van der Waals surface area contributed by atoms with Gasteiger partial charge < -0.3 is 15.4 Å². The minimum absolute atomic E-state index is 0.0243. The van der Waals surface area contributed by atoms with Crippen LogP contribution in [0.1, 0.15) is 50.4 Å². The largest absolute Gasteiger partial charge is 0.368 e. The molecule has 1 aliphatic heterocycles. The van der Waals surface area contributed by atoms with E-state index in [1.165, 1.54) is 0 Å². The third-order valence-corrected chi connectivity index (χ3v) is 4.55. The third-order valence-electron chi connectivity index (χ3n) is 4.55. The summed E-state index contributed by atoms with van der Waals surface area (Å²) in [5.41, 5.74) is 0.501. The zero-order valence-corrected chi connectivity index (χ0v) is 15.7. The van der Waals surface area contributed by atoms with E-state index in [9.17, 15) is 14.4 Å². The molecule has 1 heterocycles. The van der Waals surface area contributed by atoms with E-state index >= 15 is 0 Å². The smallest absolute Gasteiger partial charge is 0.251 e. The second kappa shape index (κ2) is 9.48. The molecule has 0 bridgehead atoms. The van der Waals surface area contributed by atoms with E-state index < -0.39 is 12.1 Å². The maximum atomic E-state index is 12.8. The molecule has 2 N–H and O–H groups in total. The molecule has 0 saturated carbocycles. The van der Waals surface area contributed by atoms with E-state index in [1.807, 2.05) is 13.0 Å². The van der Waals surface area contributed by atoms with Gasteiger partial charge in [0.05, 0.1) is 6.10 Å². The molecule has 6 heteroatoms. The highest BCUT2D eigenvalue weighted by Crippen LogP contribution is 2.15. The number of benzene rings is 1. The molecule has 1 aliphatic rings. The molecule has 142 valence electrons. The summed E-state index contributed by atoms with van der Waals surface area (Å²) in [5, 5.41) is 5.59. The van der Waals surface area contributed by atoms with Gasteiger partial charge in [-0.25, -0.2) is 0 Å². The Morgan fingerprint density at radius 2 is 1.88 bits per heavy atom. The van der Waals surface area contributed by atoms with Crippen LogP contribution in [0.15, 0.2) is 30.3 Å². The number of carbonyl (C=O) groups is 3. The molecule has 0 spiro atoms. The van der Waals surface area contributed by atoms with Crippen LogP contribution in [0.25, 0.3) is 0 Å². The summed E-state index contributed by atoms with van der Waals surface area (Å²) in [6.45, 7) is 6.07. The molecule has 1 fully saturated rings. The first-order valence-electron chi connectivity index (χ1n) is 9.23. The lowest BCUT2D eigenvalue weighted by molar-refractivity contribution is -0.127. The second-order valence-corrected chi connectivity index (χ2v) is 7.07. The standard InChI is InChI=1S/C20H28N2O4/c1-4-17-18(16(23)12-26-17)22-20(25)15(11-10-13(2)3)21-19(24)14-8-6-5-7-9-14/h5-9,13,15,17-18H,4,10-12H2,1-3H3,(H,21,24)(H,22,25)/t15?,17-,18?/m0/s1. The number of nitrogens with one attached hydrogen (secondary N) is 2. The van der Waals surface area contributed by atoms with Gasteiger partial charge in [-0.3, -0.25) is 14.4 Å². The summed E-state index contributed by atoms with van der Waals surface area (Å²) >= 11 is 0. The van der Waals surface area contributed by atoms with Crippen LogP contribution < -0.4 is 10.6 Å². The molecular formula is C20H28N2O4. The lowest BCUT2D eigenvalue weighted by atomic mass is 10.0. The first-order valence-corrected chi connectivity index (χ1v) is 9.23. The Balaban J connectivity index is 2.06. The van der Waals surface area contributed by atoms with Gasteiger partial charge in [0.1, 0.15) is 18.7 Å². The Hall–Kier alpha value is -2.21. The quantitative estimate of drug-likeness (QED) is 0.743. The minimum atomic E-state index is -0.684. The number of carbonyl (C=O) groups excluding carboxylic acids is 3. The van der Waals surface area contributed by atoms with Crippen LogP contribution in [0.4, 0.5) is 0 Å². The number of amides is 2. The van der Waals surface area contributed by atoms with Crippen LogP contribution in [0.3, 0.4) is 0 Å². The number of rotatable bonds is 8. The van der Waals surface area contributed by atoms with Crippen LogP contribution in [0, 0.1) is 5.92 Å². The van der Waals surface area contributed by atoms with E-state index in [4.69, 9.17) is 4.74 Å². The summed E-state index contributed by atoms with van der Waals surface area (Å²) in [6.07, 6.45) is 1.64. The molecule has 1 saturated heterocycles. The molecule has 6 nitrogen and oxygen atoms in total. The van der Waals surface area contributed by atoms with Crippen LogP contribution in [0.5, 0.6) is 0 Å². The van der Waals surface area contributed by atoms with Crippen molar-refractivity contribution < 1.29 is 19.1 Å². The molecule has 0 radical (unpaired) electrons. The van der Waals surface area contributed by atoms with E-state index in [0.29, 0.717) is 24.3 Å². The van der Waals surface area contributed by atoms with Gasteiger partial charge in [-0.2, -0.15) is 0 Å². The number of Topliss-reactive ketones (excluding diaryl/α,β-unsaturated/α-hetero) is 1. The van der Waals surface area contributed by atoms with Crippen molar-refractivity contribution in [3.63, 3.8) is 0 Å². The molecule has 1 aromatic carbocycles. The number of ether oxygens (including phenoxy) is 1. The van der Waals surface area contributed by atoms with Gasteiger partial charge in [-0.15, -0.1) is 0 Å². The van der Waals surface area contributed by atoms with Crippen molar-refractivity contribution in [2.45, 2.75) is 58.2 Å². The minimum Gasteiger partial charge on any atom is -0.368 e. The molecule has 3 atom stereocenters. The molecule has 2 amide bonds. The van der Waals surface area contributed by atoms with E-state index in [-0.39, 0.29) is 30.3 Å². The fraction of sp³-hybridized carbons (Fsp3) is 0.550. The molecule has 0 aromatic heterocycles. The fourth-order valence-corrected chi connectivity index (χ4v) is 2.96. The molecular weight excluding hydrogens is 332 g/mol. The first-order chi connectivity index (χ1) is 12.4. The van der Waals surface area contributed by atoms with Crippen molar-refractivity contribution in [2.24, 2.45) is 5.92 Å². The molecule has 26 heavy (non-hydrogen) atoms. The molecule has 2 rings (SSSR count). The third kappa shape index (κ3) is 5.39. The van der Waals surface area contributed by atoms with Crippen LogP contribution in [-0.4, -0.2) is 42.4 Å². The Bertz CT molecular complexity index is 630. The summed E-state index contributed by atoms with van der Waals surface area (Å²) in [6, 6.07) is 7.47. The lowest BCUT2D eigenvalue weighted by Crippen LogP contribution is -2.53. The number of ketones is 1. The van der Waals surface area contributed by atoms with Crippen molar-refractivity contribution in [1.82, 2.24) is 10.6 Å². The van der Waals surface area contributed by atoms with Gasteiger partial charge in [0.25, 0.3) is 5.91 Å². The fourth-order valence-electron chi connectivity index (χ4n) is 2.96. The van der Waals surface area contributed by atoms with Gasteiger partial charge in [0, 0.05) is 5.56 Å². The highest BCUT2D eigenvalue weighted by Gasteiger charge is 2.37. The van der Waals surface area contributed by atoms with E-state index in [2.05, 4.69) is 24.5 Å². The maximum absolute atomic E-state index is 12.8. The van der Waals surface area contributed by atoms with Crippen molar-refractivity contribution in [1.29, 1.82) is 0 Å². The molecule has 1 aromatic rings. The summed E-state index contributed by atoms with van der Waals surface area (Å²) < 4.78 is 5.40. The van der Waals surface area contributed by atoms with E-state index in [1.54, 1.807) is 24.3 Å². The van der Waals surface area contributed by atoms with Crippen molar-refractivity contribution in [3.05, 3.63) is 35.9 Å². The topological polar surface area (TPSA) is 84.5 Å². The number of hydrogen-bond donors (Lipinski definition) is 2. The Kier molecular flexibility index (Phi) is 7.33. The average Bonchev–Trinajstić information content (AvgIpc) is 2.98. The highest BCUT2D eigenvalue weighted by atomic mass is 16.5. The van der Waals surface area contributed by atoms with Crippen molar-refractivity contribution in [3.8, 4) is 0 Å². The predicted molar refractivity (Wildman–Crippen MR) is 98.7 cm³/mol. The van der Waals surface area contributed by atoms with Crippen molar-refractivity contribution >= 4 is 17.6 Å². The van der Waals surface area contributed by atoms with Gasteiger partial charge in [0.2, 0.25) is 5.91 Å². The van der Waals surface area contributed by atoms with Gasteiger partial charge in [0.15, 0.2) is 5.78 Å². The van der Waals surface area contributed by atoms with Crippen molar-refractivity contribution in [2.75, 3.05) is 6.61 Å². The second-order valence-electron chi connectivity index (χ2n) is 7.07. The first kappa shape index (κ1) is 20.1. The van der Waals surface area contributed by atoms with Gasteiger partial charge >= 0.3 is 0 Å². The average molecular weight is 360 g/mol. The van der Waals surface area contributed by atoms with Crippen LogP contribution in [-0.2, 0) is 14.3 Å². The maximum Gasteiger partial charge on any atom is 0.251 e. The Morgan fingerprint density at radius 1 is 1.19 bits per heavy atom. The normalized spacial score (nSPS) is 20.8. The predicted octanol–water partition coefficient (Wildman–Crippen LogP) is 2.08. The summed E-state index contributed by atoms with van der Waals surface area (Å²) in [5.74, 6) is -0.353. The van der Waals surface area contributed by atoms with Crippen LogP contribution >= 0.6 is 0 Å². The summed E-state index contributed by atoms with van der Waals surface area (Å²) in [7, 11) is 0. The lowest BCUT2D eigenvalue weighted by Gasteiger charge is -2.23. The zero-order chi connectivity index (χ0) is 19.1. The number of hydrogen-bond acceptors (Lipinski definition) is 4. The van der Waals surface area contributed by atoms with Gasteiger partial charge in [-0.1, -0.05) is 39.0 Å². The van der Waals surface area contributed by atoms with Crippen LogP contribution in [0.2, 0.25) is 0 Å². The highest BCUT2D eigenvalue weighted by molar-refractivity contribution is 5.98. The molecule has 0 aliphatic carbocycles. The molecule has 2 unspecified atom stereocenters. The monoisotopic (exact) mass is 360 g/mol. The Morgan fingerprint density at radius 3 is 2.50 bits per heavy atom. The Labute approximate surface area is 154 Å². The van der Waals surface area contributed by atoms with E-state index in [0.717, 1.165) is 6.42 Å². The van der Waals surface area contributed by atoms with Gasteiger partial charge in [-0.05, 0) is 37.3 Å². The summed E-state index contributed by atoms with van der Waals surface area (Å²) in [4.78, 5) is 37.2. The zero-order valence-electron chi connectivity index (χ0n) is 15.7. The SMILES string of the molecule is CC[C@@H]1OCC(=O)C1NC(=O)C(CCC(C)C)NC(=O)c1ccccc1.